The number of nitrogens with one attached hydrogen (secondary N) is 2. The number of nitrogens with zero attached hydrogens (tertiary/aromatic N) is 1. The Morgan fingerprint density at radius 1 is 1.29 bits per heavy atom. The van der Waals surface area contributed by atoms with E-state index in [1.807, 2.05) is 10.2 Å². The minimum atomic E-state index is -4.37. The number of halogens is 3. The van der Waals surface area contributed by atoms with E-state index in [0.717, 1.165) is 17.0 Å². The SMILES string of the molecule is C[C@H](C(=O)NC(N)=O)[NH+]1CCN(c2cccc(C(F)(F)F)c2)CC1. The van der Waals surface area contributed by atoms with Crippen molar-refractivity contribution in [1.82, 2.24) is 5.32 Å². The van der Waals surface area contributed by atoms with Crippen molar-refractivity contribution in [3.05, 3.63) is 29.8 Å². The normalized spacial score (nSPS) is 17.4. The summed E-state index contributed by atoms with van der Waals surface area (Å²) in [5.41, 5.74) is 4.76. The quantitative estimate of drug-likeness (QED) is 0.721. The van der Waals surface area contributed by atoms with Gasteiger partial charge in [-0.05, 0) is 25.1 Å². The van der Waals surface area contributed by atoms with E-state index in [1.165, 1.54) is 6.07 Å². The van der Waals surface area contributed by atoms with Gasteiger partial charge in [0, 0.05) is 5.69 Å². The fourth-order valence-electron chi connectivity index (χ4n) is 2.78. The molecule has 0 unspecified atom stereocenters. The molecule has 2 rings (SSSR count). The summed E-state index contributed by atoms with van der Waals surface area (Å²) < 4.78 is 38.4. The molecule has 0 aliphatic carbocycles. The molecule has 0 saturated carbocycles. The van der Waals surface area contributed by atoms with Crippen molar-refractivity contribution >= 4 is 17.6 Å². The first-order valence-corrected chi connectivity index (χ1v) is 7.55. The highest BCUT2D eigenvalue weighted by Crippen LogP contribution is 2.31. The van der Waals surface area contributed by atoms with Gasteiger partial charge in [0.15, 0.2) is 6.04 Å². The van der Waals surface area contributed by atoms with Crippen LogP contribution < -0.4 is 20.9 Å². The predicted octanol–water partition coefficient (Wildman–Crippen LogP) is -0.00630. The molecule has 1 fully saturated rings. The molecule has 1 aliphatic heterocycles. The van der Waals surface area contributed by atoms with Gasteiger partial charge in [-0.15, -0.1) is 0 Å². The molecule has 4 N–H and O–H groups in total. The van der Waals surface area contributed by atoms with E-state index in [4.69, 9.17) is 5.73 Å². The van der Waals surface area contributed by atoms with Crippen LogP contribution in [0, 0.1) is 0 Å². The highest BCUT2D eigenvalue weighted by molar-refractivity contribution is 5.95. The Labute approximate surface area is 137 Å². The fraction of sp³-hybridized carbons (Fsp3) is 0.467. The molecule has 132 valence electrons. The van der Waals surface area contributed by atoms with Crippen molar-refractivity contribution in [2.24, 2.45) is 5.73 Å². The Hall–Kier alpha value is -2.29. The number of hydrogen-bond donors (Lipinski definition) is 3. The number of anilines is 1. The number of imide groups is 1. The average Bonchev–Trinajstić information content (AvgIpc) is 2.53. The highest BCUT2D eigenvalue weighted by atomic mass is 19.4. The number of quaternary nitrogens is 1. The second-order valence-electron chi connectivity index (χ2n) is 5.77. The molecular formula is C15H20F3N4O2+. The van der Waals surface area contributed by atoms with E-state index in [1.54, 1.807) is 13.0 Å². The van der Waals surface area contributed by atoms with Gasteiger partial charge in [-0.1, -0.05) is 6.07 Å². The zero-order valence-corrected chi connectivity index (χ0v) is 13.2. The summed E-state index contributed by atoms with van der Waals surface area (Å²) in [6, 6.07) is 3.86. The Morgan fingerprint density at radius 3 is 2.46 bits per heavy atom. The first-order chi connectivity index (χ1) is 11.2. The second-order valence-corrected chi connectivity index (χ2v) is 5.77. The Bertz CT molecular complexity index is 613. The second kappa shape index (κ2) is 7.08. The van der Waals surface area contributed by atoms with Gasteiger partial charge in [-0.3, -0.25) is 10.1 Å². The standard InChI is InChI=1S/C15H19F3N4O2/c1-10(13(23)20-14(19)24)21-5-7-22(8-6-21)12-4-2-3-11(9-12)15(16,17)18/h2-4,9-10H,5-8H2,1H3,(H3,19,20,23,24)/p+1/t10-/m1/s1. The summed E-state index contributed by atoms with van der Waals surface area (Å²) >= 11 is 0. The third-order valence-electron chi connectivity index (χ3n) is 4.20. The number of piperazine rings is 1. The Morgan fingerprint density at radius 2 is 1.92 bits per heavy atom. The molecule has 0 radical (unpaired) electrons. The van der Waals surface area contributed by atoms with Crippen LogP contribution in [0.3, 0.4) is 0 Å². The number of nitrogens with two attached hydrogens (primary N) is 1. The van der Waals surface area contributed by atoms with Crippen LogP contribution in [0.25, 0.3) is 0 Å². The molecule has 1 atom stereocenters. The van der Waals surface area contributed by atoms with E-state index < -0.39 is 29.7 Å². The average molecular weight is 345 g/mol. The zero-order chi connectivity index (χ0) is 17.9. The molecule has 9 heteroatoms. The lowest BCUT2D eigenvalue weighted by Gasteiger charge is -2.36. The molecule has 1 aromatic carbocycles. The summed E-state index contributed by atoms with van der Waals surface area (Å²) in [6.07, 6.45) is -4.37. The number of urea groups is 1. The Balaban J connectivity index is 1.98. The molecule has 3 amide bonds. The molecule has 0 spiro atoms. The van der Waals surface area contributed by atoms with Gasteiger partial charge in [0.05, 0.1) is 31.7 Å². The lowest BCUT2D eigenvalue weighted by atomic mass is 10.1. The highest BCUT2D eigenvalue weighted by Gasteiger charge is 2.32. The van der Waals surface area contributed by atoms with E-state index >= 15 is 0 Å². The minimum absolute atomic E-state index is 0.454. The third kappa shape index (κ3) is 4.38. The summed E-state index contributed by atoms with van der Waals surface area (Å²) in [5.74, 6) is -0.454. The number of benzene rings is 1. The van der Waals surface area contributed by atoms with Gasteiger partial charge >= 0.3 is 12.2 Å². The molecule has 0 aromatic heterocycles. The van der Waals surface area contributed by atoms with Gasteiger partial charge in [-0.2, -0.15) is 13.2 Å². The van der Waals surface area contributed by atoms with Crippen molar-refractivity contribution in [3.63, 3.8) is 0 Å². The third-order valence-corrected chi connectivity index (χ3v) is 4.20. The predicted molar refractivity (Wildman–Crippen MR) is 81.5 cm³/mol. The molecular weight excluding hydrogens is 325 g/mol. The molecule has 6 nitrogen and oxygen atoms in total. The number of hydrogen-bond acceptors (Lipinski definition) is 3. The topological polar surface area (TPSA) is 79.9 Å². The van der Waals surface area contributed by atoms with Crippen molar-refractivity contribution in [2.45, 2.75) is 19.1 Å². The molecule has 1 heterocycles. The van der Waals surface area contributed by atoms with Crippen molar-refractivity contribution in [2.75, 3.05) is 31.1 Å². The maximum absolute atomic E-state index is 12.8. The van der Waals surface area contributed by atoms with Crippen LogP contribution in [0.5, 0.6) is 0 Å². The van der Waals surface area contributed by atoms with Crippen LogP contribution in [0.2, 0.25) is 0 Å². The maximum atomic E-state index is 12.8. The van der Waals surface area contributed by atoms with Gasteiger partial charge in [0.2, 0.25) is 0 Å². The van der Waals surface area contributed by atoms with Crippen LogP contribution in [-0.4, -0.2) is 44.2 Å². The van der Waals surface area contributed by atoms with E-state index in [0.29, 0.717) is 31.9 Å². The summed E-state index contributed by atoms with van der Waals surface area (Å²) in [5, 5.41) is 2.05. The molecule has 24 heavy (non-hydrogen) atoms. The van der Waals surface area contributed by atoms with Crippen LogP contribution in [-0.2, 0) is 11.0 Å². The van der Waals surface area contributed by atoms with E-state index in [9.17, 15) is 22.8 Å². The first kappa shape index (κ1) is 18.1. The number of amides is 3. The lowest BCUT2D eigenvalue weighted by Crippen LogP contribution is -3.19. The minimum Gasteiger partial charge on any atom is -0.360 e. The number of primary amides is 1. The van der Waals surface area contributed by atoms with Crippen LogP contribution in [0.4, 0.5) is 23.7 Å². The largest absolute Gasteiger partial charge is 0.416 e. The fourth-order valence-corrected chi connectivity index (χ4v) is 2.78. The van der Waals surface area contributed by atoms with Crippen molar-refractivity contribution in [1.29, 1.82) is 0 Å². The van der Waals surface area contributed by atoms with E-state index in [2.05, 4.69) is 0 Å². The van der Waals surface area contributed by atoms with Gasteiger partial charge in [0.1, 0.15) is 0 Å². The van der Waals surface area contributed by atoms with Crippen LogP contribution in [0.15, 0.2) is 24.3 Å². The van der Waals surface area contributed by atoms with Crippen molar-refractivity contribution < 1.29 is 27.7 Å². The van der Waals surface area contributed by atoms with Gasteiger partial charge in [0.25, 0.3) is 5.91 Å². The summed E-state index contributed by atoms with van der Waals surface area (Å²) in [6.45, 7) is 3.87. The lowest BCUT2D eigenvalue weighted by molar-refractivity contribution is -0.914. The van der Waals surface area contributed by atoms with Crippen LogP contribution >= 0.6 is 0 Å². The number of carbonyl (C=O) groups excluding carboxylic acids is 2. The number of rotatable bonds is 3. The number of alkyl halides is 3. The number of carbonyl (C=O) groups is 2. The maximum Gasteiger partial charge on any atom is 0.416 e. The summed E-state index contributed by atoms with van der Waals surface area (Å²) in [7, 11) is 0. The first-order valence-electron chi connectivity index (χ1n) is 7.55. The molecule has 1 aliphatic rings. The van der Waals surface area contributed by atoms with Gasteiger partial charge in [-0.25, -0.2) is 4.79 Å². The van der Waals surface area contributed by atoms with Crippen LogP contribution in [0.1, 0.15) is 12.5 Å². The zero-order valence-electron chi connectivity index (χ0n) is 13.2. The summed E-state index contributed by atoms with van der Waals surface area (Å²) in [4.78, 5) is 25.3. The Kier molecular flexibility index (Phi) is 5.33. The molecule has 1 saturated heterocycles. The molecule has 1 aromatic rings. The van der Waals surface area contributed by atoms with Gasteiger partial charge < -0.3 is 15.5 Å². The molecule has 0 bridgehead atoms. The monoisotopic (exact) mass is 345 g/mol. The smallest absolute Gasteiger partial charge is 0.360 e. The van der Waals surface area contributed by atoms with Crippen molar-refractivity contribution in [3.8, 4) is 0 Å². The van der Waals surface area contributed by atoms with E-state index in [-0.39, 0.29) is 0 Å².